The van der Waals surface area contributed by atoms with E-state index in [-0.39, 0.29) is 11.9 Å². The van der Waals surface area contributed by atoms with E-state index in [9.17, 15) is 4.39 Å². The molecule has 0 aromatic heterocycles. The molecule has 0 bridgehead atoms. The summed E-state index contributed by atoms with van der Waals surface area (Å²) in [5.41, 5.74) is 3.65. The molecule has 0 amide bonds. The Labute approximate surface area is 104 Å². The Morgan fingerprint density at radius 1 is 1.17 bits per heavy atom. The highest BCUT2D eigenvalue weighted by Gasteiger charge is 2.24. The third-order valence-corrected chi connectivity index (χ3v) is 3.13. The lowest BCUT2D eigenvalue weighted by Crippen LogP contribution is -1.98. The van der Waals surface area contributed by atoms with Crippen LogP contribution in [-0.4, -0.2) is 0 Å². The van der Waals surface area contributed by atoms with E-state index in [1.165, 1.54) is 12.1 Å². The van der Waals surface area contributed by atoms with Gasteiger partial charge in [0.2, 0.25) is 0 Å². The second kappa shape index (κ2) is 4.25. The third-order valence-electron chi connectivity index (χ3n) is 3.13. The number of ether oxygens (including phenoxy) is 1. The van der Waals surface area contributed by atoms with E-state index in [0.29, 0.717) is 12.2 Å². The highest BCUT2D eigenvalue weighted by Crippen LogP contribution is 2.36. The lowest BCUT2D eigenvalue weighted by Gasteiger charge is -2.11. The van der Waals surface area contributed by atoms with Crippen LogP contribution >= 0.6 is 0 Å². The molecule has 3 heteroatoms. The molecule has 0 unspecified atom stereocenters. The first-order valence-electron chi connectivity index (χ1n) is 5.68. The Bertz CT molecular complexity index is 628. The van der Waals surface area contributed by atoms with Gasteiger partial charge in [-0.15, -0.1) is 0 Å². The van der Waals surface area contributed by atoms with E-state index >= 15 is 0 Å². The van der Waals surface area contributed by atoms with Gasteiger partial charge < -0.3 is 4.74 Å². The summed E-state index contributed by atoms with van der Waals surface area (Å²) in [6.45, 7) is 0.493. The van der Waals surface area contributed by atoms with E-state index in [1.54, 1.807) is 18.2 Å². The normalized spacial score (nSPS) is 17.2. The molecule has 2 nitrogen and oxygen atoms in total. The summed E-state index contributed by atoms with van der Waals surface area (Å²) in [4.78, 5) is 0. The zero-order chi connectivity index (χ0) is 12.5. The second-order valence-electron chi connectivity index (χ2n) is 4.27. The zero-order valence-corrected chi connectivity index (χ0v) is 9.56. The molecule has 1 aliphatic rings. The first kappa shape index (κ1) is 10.9. The Hall–Kier alpha value is -2.18. The predicted molar refractivity (Wildman–Crippen MR) is 64.2 cm³/mol. The number of nitriles is 1. The van der Waals surface area contributed by atoms with E-state index in [4.69, 9.17) is 10.00 Å². The molecule has 88 valence electrons. The Morgan fingerprint density at radius 2 is 1.94 bits per heavy atom. The van der Waals surface area contributed by atoms with Crippen LogP contribution in [0.3, 0.4) is 0 Å². The maximum atomic E-state index is 12.9. The van der Waals surface area contributed by atoms with Crippen LogP contribution in [0.2, 0.25) is 0 Å². The number of halogens is 1. The van der Waals surface area contributed by atoms with Gasteiger partial charge in [0.15, 0.2) is 0 Å². The first-order chi connectivity index (χ1) is 8.78. The van der Waals surface area contributed by atoms with Crippen LogP contribution in [0.15, 0.2) is 42.5 Å². The summed E-state index contributed by atoms with van der Waals surface area (Å²) in [6, 6.07) is 14.0. The fourth-order valence-electron chi connectivity index (χ4n) is 2.23. The maximum absolute atomic E-state index is 12.9. The summed E-state index contributed by atoms with van der Waals surface area (Å²) in [5.74, 6) is -0.253. The molecule has 0 aliphatic carbocycles. The van der Waals surface area contributed by atoms with Crippen LogP contribution in [0.4, 0.5) is 4.39 Å². The topological polar surface area (TPSA) is 33.0 Å². The van der Waals surface area contributed by atoms with Crippen LogP contribution in [0, 0.1) is 17.1 Å². The molecule has 1 atom stereocenters. The standard InChI is InChI=1S/C15H10FNO/c16-13-4-2-11(3-5-13)15-14-6-1-10(8-17)7-12(14)9-18-15/h1-7,15H,9H2/t15-/m1/s1. The van der Waals surface area contributed by atoms with Gasteiger partial charge in [-0.25, -0.2) is 4.39 Å². The third kappa shape index (κ3) is 1.77. The minimum Gasteiger partial charge on any atom is -0.364 e. The minimum absolute atomic E-state index is 0.159. The van der Waals surface area contributed by atoms with Crippen molar-refractivity contribution in [1.82, 2.24) is 0 Å². The number of nitrogens with zero attached hydrogens (tertiary/aromatic N) is 1. The SMILES string of the molecule is N#Cc1ccc2c(c1)CO[C@@H]2c1ccc(F)cc1. The van der Waals surface area contributed by atoms with Gasteiger partial charge in [0.1, 0.15) is 11.9 Å². The molecule has 0 saturated carbocycles. The average molecular weight is 239 g/mol. The monoisotopic (exact) mass is 239 g/mol. The van der Waals surface area contributed by atoms with Gasteiger partial charge in [-0.3, -0.25) is 0 Å². The number of hydrogen-bond acceptors (Lipinski definition) is 2. The van der Waals surface area contributed by atoms with Gasteiger partial charge in [0, 0.05) is 0 Å². The van der Waals surface area contributed by atoms with E-state index in [1.807, 2.05) is 12.1 Å². The first-order valence-corrected chi connectivity index (χ1v) is 5.68. The molecule has 3 rings (SSSR count). The fraction of sp³-hybridized carbons (Fsp3) is 0.133. The largest absolute Gasteiger partial charge is 0.364 e. The summed E-state index contributed by atoms with van der Waals surface area (Å²) >= 11 is 0. The molecule has 0 saturated heterocycles. The summed E-state index contributed by atoms with van der Waals surface area (Å²) < 4.78 is 18.6. The molecule has 2 aromatic carbocycles. The van der Waals surface area contributed by atoms with Gasteiger partial charge in [0.25, 0.3) is 0 Å². The minimum atomic E-state index is -0.253. The van der Waals surface area contributed by atoms with Crippen molar-refractivity contribution in [2.45, 2.75) is 12.7 Å². The number of benzene rings is 2. The van der Waals surface area contributed by atoms with Crippen LogP contribution in [0.1, 0.15) is 28.4 Å². The molecule has 0 N–H and O–H groups in total. The van der Waals surface area contributed by atoms with Gasteiger partial charge in [-0.2, -0.15) is 5.26 Å². The Kier molecular flexibility index (Phi) is 2.58. The second-order valence-corrected chi connectivity index (χ2v) is 4.27. The smallest absolute Gasteiger partial charge is 0.123 e. The average Bonchev–Trinajstić information content (AvgIpc) is 2.82. The summed E-state index contributed by atoms with van der Waals surface area (Å²) in [7, 11) is 0. The van der Waals surface area contributed by atoms with E-state index < -0.39 is 0 Å². The van der Waals surface area contributed by atoms with Crippen molar-refractivity contribution in [2.24, 2.45) is 0 Å². The maximum Gasteiger partial charge on any atom is 0.123 e. The molecular formula is C15H10FNO. The molecule has 1 heterocycles. The molecule has 0 fully saturated rings. The quantitative estimate of drug-likeness (QED) is 0.764. The van der Waals surface area contributed by atoms with Gasteiger partial charge >= 0.3 is 0 Å². The number of hydrogen-bond donors (Lipinski definition) is 0. The van der Waals surface area contributed by atoms with Crippen LogP contribution in [0.25, 0.3) is 0 Å². The van der Waals surface area contributed by atoms with Crippen molar-refractivity contribution < 1.29 is 9.13 Å². The van der Waals surface area contributed by atoms with Crippen molar-refractivity contribution in [3.63, 3.8) is 0 Å². The van der Waals surface area contributed by atoms with Crippen molar-refractivity contribution in [2.75, 3.05) is 0 Å². The van der Waals surface area contributed by atoms with Gasteiger partial charge in [-0.05, 0) is 41.0 Å². The lowest BCUT2D eigenvalue weighted by molar-refractivity contribution is 0.0939. The van der Waals surface area contributed by atoms with Crippen LogP contribution in [0.5, 0.6) is 0 Å². The van der Waals surface area contributed by atoms with Crippen molar-refractivity contribution >= 4 is 0 Å². The fourth-order valence-corrected chi connectivity index (χ4v) is 2.23. The molecular weight excluding hydrogens is 229 g/mol. The molecule has 0 spiro atoms. The zero-order valence-electron chi connectivity index (χ0n) is 9.56. The molecule has 2 aromatic rings. The Balaban J connectivity index is 2.00. The number of fused-ring (bicyclic) bond motifs is 1. The molecule has 1 aliphatic heterocycles. The summed E-state index contributed by atoms with van der Waals surface area (Å²) in [6.07, 6.45) is -0.159. The van der Waals surface area contributed by atoms with Crippen LogP contribution < -0.4 is 0 Å². The van der Waals surface area contributed by atoms with Crippen molar-refractivity contribution in [3.8, 4) is 6.07 Å². The van der Waals surface area contributed by atoms with Crippen molar-refractivity contribution in [1.29, 1.82) is 5.26 Å². The lowest BCUT2D eigenvalue weighted by atomic mass is 9.98. The highest BCUT2D eigenvalue weighted by molar-refractivity contribution is 5.44. The summed E-state index contributed by atoms with van der Waals surface area (Å²) in [5, 5.41) is 8.85. The predicted octanol–water partition coefficient (Wildman–Crippen LogP) is 3.32. The van der Waals surface area contributed by atoms with E-state index in [2.05, 4.69) is 6.07 Å². The number of rotatable bonds is 1. The van der Waals surface area contributed by atoms with Gasteiger partial charge in [-0.1, -0.05) is 18.2 Å². The van der Waals surface area contributed by atoms with E-state index in [0.717, 1.165) is 16.7 Å². The van der Waals surface area contributed by atoms with Gasteiger partial charge in [0.05, 0.1) is 18.2 Å². The van der Waals surface area contributed by atoms with Crippen LogP contribution in [-0.2, 0) is 11.3 Å². The van der Waals surface area contributed by atoms with Crippen molar-refractivity contribution in [3.05, 3.63) is 70.5 Å². The Morgan fingerprint density at radius 3 is 2.67 bits per heavy atom. The molecule has 0 radical (unpaired) electrons. The molecule has 18 heavy (non-hydrogen) atoms. The highest BCUT2D eigenvalue weighted by atomic mass is 19.1.